The maximum Gasteiger partial charge on any atom is 0.305 e. The number of rotatable bonds is 4. The second-order valence-electron chi connectivity index (χ2n) is 5.10. The number of aromatic nitrogens is 1. The number of carbonyl (C=O) groups is 2. The SMILES string of the molecule is Nc1ccc2c(n1)N(CCC(=O)O)C(=O)C(c1ccccc1)O2. The van der Waals surface area contributed by atoms with Crippen molar-refractivity contribution in [1.29, 1.82) is 0 Å². The van der Waals surface area contributed by atoms with Gasteiger partial charge in [0.05, 0.1) is 6.42 Å². The Labute approximate surface area is 132 Å². The molecule has 0 spiro atoms. The van der Waals surface area contributed by atoms with E-state index in [0.29, 0.717) is 11.3 Å². The van der Waals surface area contributed by atoms with Gasteiger partial charge in [-0.25, -0.2) is 4.98 Å². The summed E-state index contributed by atoms with van der Waals surface area (Å²) in [7, 11) is 0. The van der Waals surface area contributed by atoms with E-state index >= 15 is 0 Å². The first-order valence-electron chi connectivity index (χ1n) is 7.07. The average Bonchev–Trinajstić information content (AvgIpc) is 2.54. The summed E-state index contributed by atoms with van der Waals surface area (Å²) in [5.74, 6) is -0.464. The third-order valence-electron chi connectivity index (χ3n) is 3.50. The molecule has 1 aliphatic rings. The number of aliphatic carboxylic acids is 1. The van der Waals surface area contributed by atoms with E-state index in [1.54, 1.807) is 24.3 Å². The van der Waals surface area contributed by atoms with E-state index in [1.165, 1.54) is 4.90 Å². The predicted octanol–water partition coefficient (Wildman–Crippen LogP) is 1.61. The van der Waals surface area contributed by atoms with Crippen molar-refractivity contribution in [3.8, 4) is 5.75 Å². The van der Waals surface area contributed by atoms with Gasteiger partial charge in [-0.3, -0.25) is 14.5 Å². The van der Waals surface area contributed by atoms with Gasteiger partial charge in [-0.1, -0.05) is 30.3 Å². The summed E-state index contributed by atoms with van der Waals surface area (Å²) >= 11 is 0. The number of carboxylic acid groups (broad SMARTS) is 1. The third-order valence-corrected chi connectivity index (χ3v) is 3.50. The third kappa shape index (κ3) is 2.94. The Hall–Kier alpha value is -3.09. The lowest BCUT2D eigenvalue weighted by Crippen LogP contribution is -2.42. The predicted molar refractivity (Wildman–Crippen MR) is 83.1 cm³/mol. The number of benzene rings is 1. The summed E-state index contributed by atoms with van der Waals surface area (Å²) in [6.45, 7) is 0.00428. The Kier molecular flexibility index (Phi) is 3.84. The number of nitrogens with two attached hydrogens (primary N) is 1. The van der Waals surface area contributed by atoms with Crippen LogP contribution in [0.1, 0.15) is 18.1 Å². The van der Waals surface area contributed by atoms with Crippen LogP contribution in [0.3, 0.4) is 0 Å². The molecule has 0 bridgehead atoms. The highest BCUT2D eigenvalue weighted by molar-refractivity contribution is 6.00. The van der Waals surface area contributed by atoms with Gasteiger partial charge in [0.15, 0.2) is 11.6 Å². The Bertz CT molecular complexity index is 748. The van der Waals surface area contributed by atoms with Crippen LogP contribution < -0.4 is 15.4 Å². The number of amides is 1. The van der Waals surface area contributed by atoms with E-state index in [9.17, 15) is 9.59 Å². The number of carboxylic acids is 1. The van der Waals surface area contributed by atoms with Crippen molar-refractivity contribution >= 4 is 23.5 Å². The fraction of sp³-hybridized carbons (Fsp3) is 0.188. The molecule has 1 amide bonds. The van der Waals surface area contributed by atoms with Crippen LogP contribution in [0.15, 0.2) is 42.5 Å². The van der Waals surface area contributed by atoms with Crippen LogP contribution in [0.4, 0.5) is 11.6 Å². The number of carbonyl (C=O) groups excluding carboxylic acids is 1. The summed E-state index contributed by atoms with van der Waals surface area (Å²) in [6, 6.07) is 12.2. The smallest absolute Gasteiger partial charge is 0.305 e. The maximum atomic E-state index is 12.7. The summed E-state index contributed by atoms with van der Waals surface area (Å²) in [4.78, 5) is 29.0. The van der Waals surface area contributed by atoms with Crippen LogP contribution in [0, 0.1) is 0 Å². The van der Waals surface area contributed by atoms with Gasteiger partial charge in [0.1, 0.15) is 5.82 Å². The van der Waals surface area contributed by atoms with Gasteiger partial charge in [0, 0.05) is 12.1 Å². The van der Waals surface area contributed by atoms with E-state index in [2.05, 4.69) is 4.98 Å². The van der Waals surface area contributed by atoms with Crippen LogP contribution in [-0.4, -0.2) is 28.5 Å². The van der Waals surface area contributed by atoms with E-state index in [4.69, 9.17) is 15.6 Å². The van der Waals surface area contributed by atoms with Gasteiger partial charge in [-0.05, 0) is 12.1 Å². The first-order valence-corrected chi connectivity index (χ1v) is 7.07. The number of ether oxygens (including phenoxy) is 1. The molecule has 1 unspecified atom stereocenters. The number of anilines is 2. The molecule has 23 heavy (non-hydrogen) atoms. The lowest BCUT2D eigenvalue weighted by molar-refractivity contribution is -0.136. The molecular weight excluding hydrogens is 298 g/mol. The highest BCUT2D eigenvalue weighted by Crippen LogP contribution is 2.38. The second kappa shape index (κ2) is 5.96. The van der Waals surface area contributed by atoms with Gasteiger partial charge < -0.3 is 15.6 Å². The number of fused-ring (bicyclic) bond motifs is 1. The Morgan fingerprint density at radius 2 is 2.00 bits per heavy atom. The van der Waals surface area contributed by atoms with Gasteiger partial charge >= 0.3 is 5.97 Å². The molecule has 1 aromatic carbocycles. The molecule has 3 N–H and O–H groups in total. The molecule has 118 valence electrons. The summed E-state index contributed by atoms with van der Waals surface area (Å²) in [5, 5.41) is 8.90. The Morgan fingerprint density at radius 3 is 2.70 bits per heavy atom. The zero-order chi connectivity index (χ0) is 16.4. The summed E-state index contributed by atoms with van der Waals surface area (Å²) in [5.41, 5.74) is 6.37. The topological polar surface area (TPSA) is 106 Å². The normalized spacial score (nSPS) is 16.6. The average molecular weight is 313 g/mol. The second-order valence-corrected chi connectivity index (χ2v) is 5.10. The Balaban J connectivity index is 2.00. The molecule has 7 heteroatoms. The Morgan fingerprint density at radius 1 is 1.26 bits per heavy atom. The molecule has 1 aliphatic heterocycles. The van der Waals surface area contributed by atoms with Crippen LogP contribution in [0.2, 0.25) is 0 Å². The van der Waals surface area contributed by atoms with Gasteiger partial charge in [-0.15, -0.1) is 0 Å². The molecule has 0 saturated carbocycles. The van der Waals surface area contributed by atoms with Crippen LogP contribution in [0.25, 0.3) is 0 Å². The van der Waals surface area contributed by atoms with Crippen LogP contribution in [0.5, 0.6) is 5.75 Å². The molecule has 0 aliphatic carbocycles. The molecule has 2 heterocycles. The zero-order valence-electron chi connectivity index (χ0n) is 12.2. The minimum Gasteiger partial charge on any atom is -0.481 e. The number of pyridine rings is 1. The fourth-order valence-electron chi connectivity index (χ4n) is 2.42. The van der Waals surface area contributed by atoms with Crippen molar-refractivity contribution < 1.29 is 19.4 Å². The lowest BCUT2D eigenvalue weighted by Gasteiger charge is -2.33. The largest absolute Gasteiger partial charge is 0.481 e. The van der Waals surface area contributed by atoms with E-state index in [0.717, 1.165) is 0 Å². The number of hydrogen-bond donors (Lipinski definition) is 2. The lowest BCUT2D eigenvalue weighted by atomic mass is 10.1. The first-order chi connectivity index (χ1) is 11.1. The zero-order valence-corrected chi connectivity index (χ0v) is 12.2. The maximum absolute atomic E-state index is 12.7. The molecule has 0 saturated heterocycles. The molecule has 1 aromatic heterocycles. The van der Waals surface area contributed by atoms with Gasteiger partial charge in [-0.2, -0.15) is 0 Å². The van der Waals surface area contributed by atoms with Gasteiger partial charge in [0.25, 0.3) is 5.91 Å². The first kappa shape index (κ1) is 14.8. The monoisotopic (exact) mass is 313 g/mol. The van der Waals surface area contributed by atoms with Crippen molar-refractivity contribution in [3.05, 3.63) is 48.0 Å². The van der Waals surface area contributed by atoms with Crippen molar-refractivity contribution in [2.24, 2.45) is 0 Å². The molecule has 0 radical (unpaired) electrons. The molecule has 3 rings (SSSR count). The molecule has 0 fully saturated rings. The summed E-state index contributed by atoms with van der Waals surface area (Å²) in [6.07, 6.45) is -1.02. The highest BCUT2D eigenvalue weighted by atomic mass is 16.5. The van der Waals surface area contributed by atoms with Crippen molar-refractivity contribution in [1.82, 2.24) is 4.98 Å². The minimum atomic E-state index is -0.994. The van der Waals surface area contributed by atoms with Crippen LogP contribution in [-0.2, 0) is 9.59 Å². The quantitative estimate of drug-likeness (QED) is 0.888. The van der Waals surface area contributed by atoms with E-state index in [-0.39, 0.29) is 30.5 Å². The van der Waals surface area contributed by atoms with Crippen molar-refractivity contribution in [2.75, 3.05) is 17.2 Å². The highest BCUT2D eigenvalue weighted by Gasteiger charge is 2.36. The molecule has 1 atom stereocenters. The van der Waals surface area contributed by atoms with E-state index < -0.39 is 12.1 Å². The van der Waals surface area contributed by atoms with Gasteiger partial charge in [0.2, 0.25) is 6.10 Å². The van der Waals surface area contributed by atoms with Crippen LogP contribution >= 0.6 is 0 Å². The molecule has 2 aromatic rings. The summed E-state index contributed by atoms with van der Waals surface area (Å²) < 4.78 is 5.77. The minimum absolute atomic E-state index is 0.00428. The standard InChI is InChI=1S/C16H15N3O4/c17-12-7-6-11-15(18-12)19(9-8-13(20)21)16(22)14(23-11)10-4-2-1-3-5-10/h1-7,14H,8-9H2,(H2,17,18)(H,20,21). The number of hydrogen-bond acceptors (Lipinski definition) is 5. The number of nitrogen functional groups attached to an aromatic ring is 1. The van der Waals surface area contributed by atoms with E-state index in [1.807, 2.05) is 18.2 Å². The fourth-order valence-corrected chi connectivity index (χ4v) is 2.42. The molecular formula is C16H15N3O4. The molecule has 7 nitrogen and oxygen atoms in total. The number of nitrogens with zero attached hydrogens (tertiary/aromatic N) is 2. The van der Waals surface area contributed by atoms with Crippen molar-refractivity contribution in [3.63, 3.8) is 0 Å². The van der Waals surface area contributed by atoms with Crippen molar-refractivity contribution in [2.45, 2.75) is 12.5 Å².